The topological polar surface area (TPSA) is 56.1 Å². The van der Waals surface area contributed by atoms with E-state index in [1.807, 2.05) is 12.1 Å². The zero-order valence-corrected chi connectivity index (χ0v) is 14.8. The highest BCUT2D eigenvalue weighted by Crippen LogP contribution is 2.42. The Bertz CT molecular complexity index is 785. The summed E-state index contributed by atoms with van der Waals surface area (Å²) >= 11 is 0. The molecule has 128 valence electrons. The third kappa shape index (κ3) is 2.96. The van der Waals surface area contributed by atoms with Gasteiger partial charge in [0.1, 0.15) is 5.82 Å². The van der Waals surface area contributed by atoms with Gasteiger partial charge in [-0.2, -0.15) is 0 Å². The number of esters is 1. The van der Waals surface area contributed by atoms with Crippen LogP contribution >= 0.6 is 0 Å². The average molecular weight is 327 g/mol. The van der Waals surface area contributed by atoms with Crippen molar-refractivity contribution in [2.45, 2.75) is 44.7 Å². The fraction of sp³-hybridized carbons (Fsp3) is 0.474. The fourth-order valence-electron chi connectivity index (χ4n) is 3.49. The minimum atomic E-state index is -0.352. The average Bonchev–Trinajstić information content (AvgIpc) is 2.85. The van der Waals surface area contributed by atoms with E-state index in [-0.39, 0.29) is 11.5 Å². The van der Waals surface area contributed by atoms with Gasteiger partial charge in [0.05, 0.1) is 23.7 Å². The molecule has 1 aromatic carbocycles. The van der Waals surface area contributed by atoms with E-state index in [4.69, 9.17) is 4.98 Å². The molecule has 0 atom stereocenters. The van der Waals surface area contributed by atoms with Crippen molar-refractivity contribution in [3.63, 3.8) is 0 Å². The first kappa shape index (κ1) is 16.7. The van der Waals surface area contributed by atoms with Crippen LogP contribution in [0.3, 0.4) is 0 Å². The van der Waals surface area contributed by atoms with Gasteiger partial charge in [-0.1, -0.05) is 6.07 Å². The Hall–Kier alpha value is -2.14. The fourth-order valence-corrected chi connectivity index (χ4v) is 3.49. The zero-order valence-electron chi connectivity index (χ0n) is 14.8. The van der Waals surface area contributed by atoms with Gasteiger partial charge < -0.3 is 14.6 Å². The predicted molar refractivity (Wildman–Crippen MR) is 95.6 cm³/mol. The van der Waals surface area contributed by atoms with Gasteiger partial charge in [-0.3, -0.25) is 0 Å². The summed E-state index contributed by atoms with van der Waals surface area (Å²) in [5.74, 6) is 0.752. The maximum Gasteiger partial charge on any atom is 0.330 e. The highest BCUT2D eigenvalue weighted by atomic mass is 16.5. The maximum atomic E-state index is 11.3. The standard InChI is InChI=1S/C19H25N3O2/c1-13(2)21-19(10-5-11-19)18-20-15-8-6-14(7-9-17(23)24-4)12-16(15)22(18)3/h6-9,12-13,21H,5,10-11H2,1-4H3/b9-7+. The van der Waals surface area contributed by atoms with Gasteiger partial charge in [0.2, 0.25) is 0 Å². The van der Waals surface area contributed by atoms with Crippen LogP contribution in [0.25, 0.3) is 17.1 Å². The van der Waals surface area contributed by atoms with Crippen LogP contribution in [0.1, 0.15) is 44.5 Å². The molecule has 1 heterocycles. The first-order valence-electron chi connectivity index (χ1n) is 8.46. The number of aromatic nitrogens is 2. The molecular weight excluding hydrogens is 302 g/mol. The Balaban J connectivity index is 1.99. The Kier molecular flexibility index (Phi) is 4.45. The van der Waals surface area contributed by atoms with Crippen LogP contribution in [-0.4, -0.2) is 28.7 Å². The monoisotopic (exact) mass is 327 g/mol. The molecule has 3 rings (SSSR count). The van der Waals surface area contributed by atoms with Crippen molar-refractivity contribution in [3.8, 4) is 0 Å². The highest BCUT2D eigenvalue weighted by Gasteiger charge is 2.42. The van der Waals surface area contributed by atoms with Crippen molar-refractivity contribution >= 4 is 23.1 Å². The summed E-state index contributed by atoms with van der Waals surface area (Å²) in [6.07, 6.45) is 6.68. The second kappa shape index (κ2) is 6.40. The lowest BCUT2D eigenvalue weighted by Crippen LogP contribution is -2.52. The Labute approximate surface area is 142 Å². The number of imidazole rings is 1. The van der Waals surface area contributed by atoms with Crippen molar-refractivity contribution in [3.05, 3.63) is 35.7 Å². The highest BCUT2D eigenvalue weighted by molar-refractivity contribution is 5.88. The number of ether oxygens (including phenoxy) is 1. The minimum absolute atomic E-state index is 0.00996. The molecule has 5 nitrogen and oxygen atoms in total. The van der Waals surface area contributed by atoms with Crippen LogP contribution in [0, 0.1) is 0 Å². The molecule has 1 aliphatic carbocycles. The summed E-state index contributed by atoms with van der Waals surface area (Å²) in [5, 5.41) is 3.71. The molecule has 0 spiro atoms. The van der Waals surface area contributed by atoms with E-state index in [0.717, 1.165) is 35.3 Å². The molecule has 1 N–H and O–H groups in total. The molecule has 1 aromatic heterocycles. The Morgan fingerprint density at radius 1 is 1.42 bits per heavy atom. The van der Waals surface area contributed by atoms with Crippen molar-refractivity contribution in [1.29, 1.82) is 0 Å². The van der Waals surface area contributed by atoms with Gasteiger partial charge in [0, 0.05) is 19.2 Å². The summed E-state index contributed by atoms with van der Waals surface area (Å²) in [6.45, 7) is 4.36. The number of carbonyl (C=O) groups is 1. The number of nitrogens with zero attached hydrogens (tertiary/aromatic N) is 2. The molecule has 2 aromatic rings. The summed E-state index contributed by atoms with van der Waals surface area (Å²) < 4.78 is 6.82. The predicted octanol–water partition coefficient (Wildman–Crippen LogP) is 3.14. The summed E-state index contributed by atoms with van der Waals surface area (Å²) in [5.41, 5.74) is 3.01. The Morgan fingerprint density at radius 2 is 2.17 bits per heavy atom. The van der Waals surface area contributed by atoms with Gasteiger partial charge in [-0.25, -0.2) is 9.78 Å². The molecule has 1 saturated carbocycles. The van der Waals surface area contributed by atoms with Gasteiger partial charge in [0.25, 0.3) is 0 Å². The lowest BCUT2D eigenvalue weighted by molar-refractivity contribution is -0.134. The number of rotatable bonds is 5. The number of carbonyl (C=O) groups excluding carboxylic acids is 1. The number of fused-ring (bicyclic) bond motifs is 1. The van der Waals surface area contributed by atoms with Crippen LogP contribution < -0.4 is 5.32 Å². The molecule has 0 aliphatic heterocycles. The largest absolute Gasteiger partial charge is 0.466 e. The van der Waals surface area contributed by atoms with E-state index in [0.29, 0.717) is 6.04 Å². The molecule has 24 heavy (non-hydrogen) atoms. The lowest BCUT2D eigenvalue weighted by Gasteiger charge is -2.43. The van der Waals surface area contributed by atoms with E-state index in [9.17, 15) is 4.79 Å². The second-order valence-electron chi connectivity index (χ2n) is 6.83. The van der Waals surface area contributed by atoms with Crippen LogP contribution in [0.5, 0.6) is 0 Å². The minimum Gasteiger partial charge on any atom is -0.466 e. The molecule has 5 heteroatoms. The lowest BCUT2D eigenvalue weighted by atomic mass is 9.75. The third-order valence-electron chi connectivity index (χ3n) is 4.72. The molecule has 0 amide bonds. The van der Waals surface area contributed by atoms with E-state index < -0.39 is 0 Å². The van der Waals surface area contributed by atoms with E-state index >= 15 is 0 Å². The number of nitrogens with one attached hydrogen (secondary N) is 1. The molecule has 0 bridgehead atoms. The normalized spacial score (nSPS) is 16.7. The SMILES string of the molecule is COC(=O)/C=C/c1ccc2nc(C3(NC(C)C)CCC3)n(C)c2c1. The molecule has 0 saturated heterocycles. The number of hydrogen-bond acceptors (Lipinski definition) is 4. The van der Waals surface area contributed by atoms with Crippen LogP contribution in [0.2, 0.25) is 0 Å². The summed E-state index contributed by atoms with van der Waals surface area (Å²) in [4.78, 5) is 16.2. The van der Waals surface area contributed by atoms with Gasteiger partial charge in [0.15, 0.2) is 0 Å². The quantitative estimate of drug-likeness (QED) is 0.677. The summed E-state index contributed by atoms with van der Waals surface area (Å²) in [7, 11) is 3.45. The van der Waals surface area contributed by atoms with Crippen LogP contribution in [0.4, 0.5) is 0 Å². The molecular formula is C19H25N3O2. The Morgan fingerprint density at radius 3 is 2.75 bits per heavy atom. The third-order valence-corrected chi connectivity index (χ3v) is 4.72. The van der Waals surface area contributed by atoms with Crippen molar-refractivity contribution in [1.82, 2.24) is 14.9 Å². The zero-order chi connectivity index (χ0) is 17.3. The second-order valence-corrected chi connectivity index (χ2v) is 6.83. The van der Waals surface area contributed by atoms with Gasteiger partial charge in [-0.15, -0.1) is 0 Å². The van der Waals surface area contributed by atoms with Crippen LogP contribution in [0.15, 0.2) is 24.3 Å². The van der Waals surface area contributed by atoms with Crippen molar-refractivity contribution < 1.29 is 9.53 Å². The maximum absolute atomic E-state index is 11.3. The number of methoxy groups -OCH3 is 1. The van der Waals surface area contributed by atoms with E-state index in [2.05, 4.69) is 41.6 Å². The summed E-state index contributed by atoms with van der Waals surface area (Å²) in [6, 6.07) is 6.47. The van der Waals surface area contributed by atoms with E-state index in [1.54, 1.807) is 6.08 Å². The van der Waals surface area contributed by atoms with E-state index in [1.165, 1.54) is 19.6 Å². The van der Waals surface area contributed by atoms with Crippen molar-refractivity contribution in [2.24, 2.45) is 7.05 Å². The molecule has 1 fully saturated rings. The van der Waals surface area contributed by atoms with Crippen LogP contribution in [-0.2, 0) is 22.1 Å². The van der Waals surface area contributed by atoms with Crippen molar-refractivity contribution in [2.75, 3.05) is 7.11 Å². The van der Waals surface area contributed by atoms with Gasteiger partial charge in [-0.05, 0) is 56.9 Å². The molecule has 0 unspecified atom stereocenters. The first-order chi connectivity index (χ1) is 11.4. The molecule has 0 radical (unpaired) electrons. The number of aryl methyl sites for hydroxylation is 1. The first-order valence-corrected chi connectivity index (χ1v) is 8.46. The molecule has 1 aliphatic rings. The number of hydrogen-bond donors (Lipinski definition) is 1. The number of benzene rings is 1. The smallest absolute Gasteiger partial charge is 0.330 e. The van der Waals surface area contributed by atoms with Gasteiger partial charge >= 0.3 is 5.97 Å².